The largest absolute Gasteiger partial charge is 0.314 e. The number of rotatable bonds is 6. The van der Waals surface area contributed by atoms with Crippen LogP contribution >= 0.6 is 15.9 Å². The van der Waals surface area contributed by atoms with E-state index in [1.54, 1.807) is 6.07 Å². The van der Waals surface area contributed by atoms with Gasteiger partial charge in [-0.25, -0.2) is 4.39 Å². The Kier molecular flexibility index (Phi) is 5.74. The van der Waals surface area contributed by atoms with Crippen molar-refractivity contribution in [2.45, 2.75) is 25.8 Å². The molecule has 20 heavy (non-hydrogen) atoms. The molecule has 106 valence electrons. The first-order valence-electron chi connectivity index (χ1n) is 6.86. The van der Waals surface area contributed by atoms with Gasteiger partial charge in [-0.3, -0.25) is 0 Å². The highest BCUT2D eigenvalue weighted by atomic mass is 79.9. The van der Waals surface area contributed by atoms with Crippen LogP contribution in [0.5, 0.6) is 0 Å². The Hall–Kier alpha value is -1.19. The zero-order chi connectivity index (χ0) is 14.4. The lowest BCUT2D eigenvalue weighted by atomic mass is 10.1. The van der Waals surface area contributed by atoms with Gasteiger partial charge in [0.2, 0.25) is 0 Å². The summed E-state index contributed by atoms with van der Waals surface area (Å²) in [6.45, 7) is 2.95. The van der Waals surface area contributed by atoms with Gasteiger partial charge >= 0.3 is 0 Å². The van der Waals surface area contributed by atoms with Gasteiger partial charge in [-0.2, -0.15) is 0 Å². The Balaban J connectivity index is 1.76. The number of halogens is 2. The molecule has 0 heterocycles. The second-order valence-electron chi connectivity index (χ2n) is 5.03. The quantitative estimate of drug-likeness (QED) is 0.827. The van der Waals surface area contributed by atoms with Crippen LogP contribution in [0.4, 0.5) is 4.39 Å². The van der Waals surface area contributed by atoms with E-state index in [0.29, 0.717) is 6.04 Å². The normalized spacial score (nSPS) is 12.3. The van der Waals surface area contributed by atoms with Crippen LogP contribution in [-0.4, -0.2) is 12.6 Å². The Morgan fingerprint density at radius 1 is 1.10 bits per heavy atom. The van der Waals surface area contributed by atoms with Crippen LogP contribution in [0.25, 0.3) is 0 Å². The lowest BCUT2D eigenvalue weighted by molar-refractivity contribution is 0.538. The maximum absolute atomic E-state index is 13.5. The number of benzene rings is 2. The van der Waals surface area contributed by atoms with Gasteiger partial charge in [0, 0.05) is 10.5 Å². The number of nitrogens with one attached hydrogen (secondary N) is 1. The Bertz CT molecular complexity index is 539. The summed E-state index contributed by atoms with van der Waals surface area (Å²) in [5, 5.41) is 3.44. The Morgan fingerprint density at radius 2 is 1.80 bits per heavy atom. The fourth-order valence-corrected chi connectivity index (χ4v) is 2.46. The van der Waals surface area contributed by atoms with Gasteiger partial charge in [-0.1, -0.05) is 46.3 Å². The third kappa shape index (κ3) is 4.73. The number of hydrogen-bond donors (Lipinski definition) is 1. The molecule has 1 unspecified atom stereocenters. The summed E-state index contributed by atoms with van der Waals surface area (Å²) < 4.78 is 14.6. The first kappa shape index (κ1) is 15.2. The first-order chi connectivity index (χ1) is 9.65. The maximum atomic E-state index is 13.5. The van der Waals surface area contributed by atoms with E-state index in [9.17, 15) is 4.39 Å². The smallest absolute Gasteiger partial charge is 0.126 e. The van der Waals surface area contributed by atoms with Crippen molar-refractivity contribution in [2.24, 2.45) is 0 Å². The molecule has 1 nitrogen and oxygen atoms in total. The molecule has 0 fully saturated rings. The highest BCUT2D eigenvalue weighted by molar-refractivity contribution is 9.10. The second-order valence-corrected chi connectivity index (χ2v) is 5.94. The molecule has 0 spiro atoms. The van der Waals surface area contributed by atoms with Crippen LogP contribution in [0, 0.1) is 5.82 Å². The molecule has 1 atom stereocenters. The average molecular weight is 336 g/mol. The van der Waals surface area contributed by atoms with Gasteiger partial charge in [0.25, 0.3) is 0 Å². The van der Waals surface area contributed by atoms with Gasteiger partial charge in [0.15, 0.2) is 0 Å². The van der Waals surface area contributed by atoms with Crippen LogP contribution in [0.2, 0.25) is 0 Å². The van der Waals surface area contributed by atoms with Gasteiger partial charge in [-0.05, 0) is 55.6 Å². The molecule has 0 radical (unpaired) electrons. The Labute approximate surface area is 128 Å². The second kappa shape index (κ2) is 7.55. The molecular weight excluding hydrogens is 317 g/mol. The highest BCUT2D eigenvalue weighted by Gasteiger charge is 2.04. The van der Waals surface area contributed by atoms with Crippen LogP contribution in [0.15, 0.2) is 53.0 Å². The van der Waals surface area contributed by atoms with Crippen molar-refractivity contribution in [1.29, 1.82) is 0 Å². The SMILES string of the molecule is CC(Cc1ccc(Br)cc1)NCCc1ccccc1F. The van der Waals surface area contributed by atoms with E-state index in [1.807, 2.05) is 12.1 Å². The molecule has 0 aliphatic heterocycles. The molecule has 0 amide bonds. The maximum Gasteiger partial charge on any atom is 0.126 e. The fourth-order valence-electron chi connectivity index (χ4n) is 2.20. The third-order valence-corrected chi connectivity index (χ3v) is 3.83. The molecule has 0 saturated heterocycles. The van der Waals surface area contributed by atoms with Gasteiger partial charge in [-0.15, -0.1) is 0 Å². The van der Waals surface area contributed by atoms with E-state index >= 15 is 0 Å². The number of hydrogen-bond acceptors (Lipinski definition) is 1. The first-order valence-corrected chi connectivity index (χ1v) is 7.65. The van der Waals surface area contributed by atoms with Crippen molar-refractivity contribution >= 4 is 15.9 Å². The van der Waals surface area contributed by atoms with E-state index in [1.165, 1.54) is 11.6 Å². The minimum Gasteiger partial charge on any atom is -0.314 e. The molecule has 0 bridgehead atoms. The van der Waals surface area contributed by atoms with Crippen molar-refractivity contribution in [2.75, 3.05) is 6.54 Å². The van der Waals surface area contributed by atoms with E-state index in [2.05, 4.69) is 52.4 Å². The molecule has 3 heteroatoms. The minimum atomic E-state index is -0.116. The molecule has 0 aliphatic rings. The van der Waals surface area contributed by atoms with Crippen LogP contribution in [0.3, 0.4) is 0 Å². The summed E-state index contributed by atoms with van der Waals surface area (Å²) in [5.74, 6) is -0.116. The lowest BCUT2D eigenvalue weighted by Gasteiger charge is -2.14. The van der Waals surface area contributed by atoms with Crippen LogP contribution in [-0.2, 0) is 12.8 Å². The van der Waals surface area contributed by atoms with Crippen molar-refractivity contribution < 1.29 is 4.39 Å². The summed E-state index contributed by atoms with van der Waals surface area (Å²) >= 11 is 3.44. The van der Waals surface area contributed by atoms with E-state index in [-0.39, 0.29) is 5.82 Å². The monoisotopic (exact) mass is 335 g/mol. The predicted molar refractivity (Wildman–Crippen MR) is 85.4 cm³/mol. The standard InChI is InChI=1S/C17H19BrFN/c1-13(12-14-6-8-16(18)9-7-14)20-11-10-15-4-2-3-5-17(15)19/h2-9,13,20H,10-12H2,1H3. The molecule has 2 aromatic carbocycles. The lowest BCUT2D eigenvalue weighted by Crippen LogP contribution is -2.30. The summed E-state index contributed by atoms with van der Waals surface area (Å²) in [5.41, 5.74) is 2.08. The molecule has 0 aliphatic carbocycles. The molecular formula is C17H19BrFN. The van der Waals surface area contributed by atoms with E-state index < -0.39 is 0 Å². The average Bonchev–Trinajstić information content (AvgIpc) is 2.43. The highest BCUT2D eigenvalue weighted by Crippen LogP contribution is 2.12. The fraction of sp³-hybridized carbons (Fsp3) is 0.294. The van der Waals surface area contributed by atoms with Crippen molar-refractivity contribution in [3.8, 4) is 0 Å². The zero-order valence-electron chi connectivity index (χ0n) is 11.6. The van der Waals surface area contributed by atoms with E-state index in [0.717, 1.165) is 29.4 Å². The Morgan fingerprint density at radius 3 is 2.50 bits per heavy atom. The summed E-state index contributed by atoms with van der Waals surface area (Å²) in [7, 11) is 0. The summed E-state index contributed by atoms with van der Waals surface area (Å²) in [4.78, 5) is 0. The minimum absolute atomic E-state index is 0.116. The van der Waals surface area contributed by atoms with Crippen LogP contribution < -0.4 is 5.32 Å². The van der Waals surface area contributed by atoms with Crippen molar-refractivity contribution in [1.82, 2.24) is 5.32 Å². The van der Waals surface area contributed by atoms with Crippen LogP contribution in [0.1, 0.15) is 18.1 Å². The molecule has 2 aromatic rings. The van der Waals surface area contributed by atoms with Gasteiger partial charge in [0.1, 0.15) is 5.82 Å². The van der Waals surface area contributed by atoms with Gasteiger partial charge < -0.3 is 5.32 Å². The molecule has 0 saturated carbocycles. The zero-order valence-corrected chi connectivity index (χ0v) is 13.2. The van der Waals surface area contributed by atoms with Gasteiger partial charge in [0.05, 0.1) is 0 Å². The summed E-state index contributed by atoms with van der Waals surface area (Å²) in [6.07, 6.45) is 1.70. The van der Waals surface area contributed by atoms with Crippen molar-refractivity contribution in [3.63, 3.8) is 0 Å². The molecule has 1 N–H and O–H groups in total. The summed E-state index contributed by atoms with van der Waals surface area (Å²) in [6, 6.07) is 15.7. The molecule has 0 aromatic heterocycles. The predicted octanol–water partition coefficient (Wildman–Crippen LogP) is 4.35. The molecule has 2 rings (SSSR count). The van der Waals surface area contributed by atoms with E-state index in [4.69, 9.17) is 0 Å². The van der Waals surface area contributed by atoms with Crippen molar-refractivity contribution in [3.05, 3.63) is 69.9 Å². The third-order valence-electron chi connectivity index (χ3n) is 3.30. The topological polar surface area (TPSA) is 12.0 Å².